The standard InChI is InChI=1S/C14H14N4O2/c1-18-7-6-11(16-18)13-12(14(15)20-17-13)9-4-3-5-10(8-9)19-2/h3-8H,15H2,1-2H3. The van der Waals surface area contributed by atoms with E-state index in [2.05, 4.69) is 10.3 Å². The van der Waals surface area contributed by atoms with Gasteiger partial charge in [-0.1, -0.05) is 17.3 Å². The number of aryl methyl sites for hydroxylation is 1. The van der Waals surface area contributed by atoms with Crippen LogP contribution < -0.4 is 10.5 Å². The van der Waals surface area contributed by atoms with Gasteiger partial charge >= 0.3 is 0 Å². The van der Waals surface area contributed by atoms with Crippen molar-refractivity contribution in [2.45, 2.75) is 0 Å². The third-order valence-electron chi connectivity index (χ3n) is 3.03. The van der Waals surface area contributed by atoms with Crippen LogP contribution in [0.15, 0.2) is 41.1 Å². The Bertz CT molecular complexity index is 745. The van der Waals surface area contributed by atoms with Crippen LogP contribution in [-0.4, -0.2) is 22.0 Å². The number of hydrogen-bond acceptors (Lipinski definition) is 5. The summed E-state index contributed by atoms with van der Waals surface area (Å²) in [6.07, 6.45) is 1.84. The van der Waals surface area contributed by atoms with Gasteiger partial charge in [-0.2, -0.15) is 5.10 Å². The minimum Gasteiger partial charge on any atom is -0.497 e. The first-order valence-corrected chi connectivity index (χ1v) is 6.08. The Labute approximate surface area is 115 Å². The molecule has 0 amide bonds. The SMILES string of the molecule is COc1cccc(-c2c(-c3ccn(C)n3)noc2N)c1. The van der Waals surface area contributed by atoms with Crippen LogP contribution in [0.2, 0.25) is 0 Å². The monoisotopic (exact) mass is 270 g/mol. The summed E-state index contributed by atoms with van der Waals surface area (Å²) in [6, 6.07) is 9.44. The molecular formula is C14H14N4O2. The number of anilines is 1. The second kappa shape index (κ2) is 4.73. The first-order valence-electron chi connectivity index (χ1n) is 6.08. The van der Waals surface area contributed by atoms with Crippen molar-refractivity contribution in [2.24, 2.45) is 7.05 Å². The molecule has 2 N–H and O–H groups in total. The fraction of sp³-hybridized carbons (Fsp3) is 0.143. The predicted molar refractivity (Wildman–Crippen MR) is 75.1 cm³/mol. The van der Waals surface area contributed by atoms with E-state index in [1.165, 1.54) is 0 Å². The highest BCUT2D eigenvalue weighted by molar-refractivity contribution is 5.86. The molecule has 0 atom stereocenters. The van der Waals surface area contributed by atoms with Crippen molar-refractivity contribution in [1.29, 1.82) is 0 Å². The normalized spacial score (nSPS) is 10.7. The number of hydrogen-bond donors (Lipinski definition) is 1. The lowest BCUT2D eigenvalue weighted by Crippen LogP contribution is -1.91. The van der Waals surface area contributed by atoms with Crippen LogP contribution in [0.25, 0.3) is 22.5 Å². The Morgan fingerprint density at radius 3 is 2.85 bits per heavy atom. The molecule has 0 aliphatic carbocycles. The smallest absolute Gasteiger partial charge is 0.230 e. The van der Waals surface area contributed by atoms with Crippen molar-refractivity contribution in [3.05, 3.63) is 36.5 Å². The highest BCUT2D eigenvalue weighted by Crippen LogP contribution is 2.36. The number of rotatable bonds is 3. The summed E-state index contributed by atoms with van der Waals surface area (Å²) in [5, 5.41) is 8.34. The number of nitrogen functional groups attached to an aromatic ring is 1. The maximum Gasteiger partial charge on any atom is 0.230 e. The molecule has 102 valence electrons. The van der Waals surface area contributed by atoms with Gasteiger partial charge in [0, 0.05) is 13.2 Å². The van der Waals surface area contributed by atoms with Gasteiger partial charge in [-0.25, -0.2) is 0 Å². The Kier molecular flexibility index (Phi) is 2.90. The van der Waals surface area contributed by atoms with Gasteiger partial charge < -0.3 is 15.0 Å². The number of nitrogens with two attached hydrogens (primary N) is 1. The molecule has 0 radical (unpaired) electrons. The maximum atomic E-state index is 5.90. The molecule has 0 saturated carbocycles. The van der Waals surface area contributed by atoms with E-state index >= 15 is 0 Å². The highest BCUT2D eigenvalue weighted by Gasteiger charge is 2.19. The van der Waals surface area contributed by atoms with Crippen molar-refractivity contribution in [1.82, 2.24) is 14.9 Å². The van der Waals surface area contributed by atoms with Crippen LogP contribution in [0.5, 0.6) is 5.75 Å². The third-order valence-corrected chi connectivity index (χ3v) is 3.03. The zero-order valence-electron chi connectivity index (χ0n) is 11.2. The molecule has 6 heteroatoms. The molecule has 0 unspecified atom stereocenters. The number of nitrogens with zero attached hydrogens (tertiary/aromatic N) is 3. The molecule has 6 nitrogen and oxygen atoms in total. The summed E-state index contributed by atoms with van der Waals surface area (Å²) in [5.74, 6) is 1.01. The number of methoxy groups -OCH3 is 1. The van der Waals surface area contributed by atoms with Crippen LogP contribution in [0.1, 0.15) is 0 Å². The lowest BCUT2D eigenvalue weighted by molar-refractivity contribution is 0.415. The Morgan fingerprint density at radius 1 is 1.30 bits per heavy atom. The molecule has 0 bridgehead atoms. The van der Waals surface area contributed by atoms with E-state index in [9.17, 15) is 0 Å². The number of aromatic nitrogens is 3. The second-order valence-electron chi connectivity index (χ2n) is 4.38. The molecule has 0 aliphatic heterocycles. The molecule has 0 aliphatic rings. The summed E-state index contributed by atoms with van der Waals surface area (Å²) in [7, 11) is 3.47. The molecule has 20 heavy (non-hydrogen) atoms. The van der Waals surface area contributed by atoms with Crippen molar-refractivity contribution in [3.63, 3.8) is 0 Å². The van der Waals surface area contributed by atoms with E-state index in [1.54, 1.807) is 11.8 Å². The van der Waals surface area contributed by atoms with Crippen molar-refractivity contribution >= 4 is 5.88 Å². The molecule has 3 rings (SSSR count). The summed E-state index contributed by atoms with van der Waals surface area (Å²) in [6.45, 7) is 0. The minimum absolute atomic E-state index is 0.263. The van der Waals surface area contributed by atoms with Crippen LogP contribution >= 0.6 is 0 Å². The van der Waals surface area contributed by atoms with Crippen molar-refractivity contribution in [3.8, 4) is 28.3 Å². The van der Waals surface area contributed by atoms with Gasteiger partial charge in [-0.3, -0.25) is 4.68 Å². The average Bonchev–Trinajstić information content (AvgIpc) is 3.05. The summed E-state index contributed by atoms with van der Waals surface area (Å²) in [4.78, 5) is 0. The van der Waals surface area contributed by atoms with Gasteiger partial charge in [-0.15, -0.1) is 0 Å². The predicted octanol–water partition coefficient (Wildman–Crippen LogP) is 2.33. The van der Waals surface area contributed by atoms with Gasteiger partial charge in [0.25, 0.3) is 0 Å². The first-order chi connectivity index (χ1) is 9.69. The zero-order valence-corrected chi connectivity index (χ0v) is 11.2. The molecule has 2 heterocycles. The molecule has 0 spiro atoms. The van der Waals surface area contributed by atoms with E-state index < -0.39 is 0 Å². The molecule has 0 saturated heterocycles. The van der Waals surface area contributed by atoms with Gasteiger partial charge in [0.2, 0.25) is 5.88 Å². The fourth-order valence-electron chi connectivity index (χ4n) is 2.08. The Hall–Kier alpha value is -2.76. The van der Waals surface area contributed by atoms with Crippen LogP contribution in [0.4, 0.5) is 5.88 Å². The molecular weight excluding hydrogens is 256 g/mol. The van der Waals surface area contributed by atoms with E-state index in [0.717, 1.165) is 16.9 Å². The lowest BCUT2D eigenvalue weighted by Gasteiger charge is -2.04. The average molecular weight is 270 g/mol. The van der Waals surface area contributed by atoms with Gasteiger partial charge in [0.05, 0.1) is 12.7 Å². The van der Waals surface area contributed by atoms with E-state index in [4.69, 9.17) is 15.0 Å². The molecule has 1 aromatic carbocycles. The number of ether oxygens (including phenoxy) is 1. The largest absolute Gasteiger partial charge is 0.497 e. The Morgan fingerprint density at radius 2 is 2.15 bits per heavy atom. The highest BCUT2D eigenvalue weighted by atomic mass is 16.5. The summed E-state index contributed by atoms with van der Waals surface area (Å²) < 4.78 is 12.1. The van der Waals surface area contributed by atoms with Gasteiger partial charge in [0.15, 0.2) is 0 Å². The quantitative estimate of drug-likeness (QED) is 0.790. The second-order valence-corrected chi connectivity index (χ2v) is 4.38. The van der Waals surface area contributed by atoms with E-state index in [0.29, 0.717) is 11.4 Å². The molecule has 3 aromatic rings. The zero-order chi connectivity index (χ0) is 14.1. The molecule has 2 aromatic heterocycles. The first kappa shape index (κ1) is 12.3. The van der Waals surface area contributed by atoms with Crippen LogP contribution in [-0.2, 0) is 7.05 Å². The van der Waals surface area contributed by atoms with Crippen LogP contribution in [0, 0.1) is 0 Å². The maximum absolute atomic E-state index is 5.90. The van der Waals surface area contributed by atoms with Crippen molar-refractivity contribution in [2.75, 3.05) is 12.8 Å². The van der Waals surface area contributed by atoms with E-state index in [-0.39, 0.29) is 5.88 Å². The summed E-state index contributed by atoms with van der Waals surface area (Å²) >= 11 is 0. The minimum atomic E-state index is 0.263. The Balaban J connectivity index is 2.15. The third kappa shape index (κ3) is 2.01. The topological polar surface area (TPSA) is 79.1 Å². The van der Waals surface area contributed by atoms with Gasteiger partial charge in [-0.05, 0) is 23.8 Å². The van der Waals surface area contributed by atoms with E-state index in [1.807, 2.05) is 43.6 Å². The van der Waals surface area contributed by atoms with Gasteiger partial charge in [0.1, 0.15) is 17.1 Å². The number of benzene rings is 1. The summed E-state index contributed by atoms with van der Waals surface area (Å²) in [5.41, 5.74) is 8.84. The fourth-order valence-corrected chi connectivity index (χ4v) is 2.08. The lowest BCUT2D eigenvalue weighted by atomic mass is 10.0. The van der Waals surface area contributed by atoms with Crippen molar-refractivity contribution < 1.29 is 9.26 Å². The van der Waals surface area contributed by atoms with Crippen LogP contribution in [0.3, 0.4) is 0 Å². The molecule has 0 fully saturated rings.